The van der Waals surface area contributed by atoms with Crippen LogP contribution in [0.1, 0.15) is 26.7 Å². The Morgan fingerprint density at radius 3 is 2.45 bits per heavy atom. The topological polar surface area (TPSA) is 43.4 Å². The van der Waals surface area contributed by atoms with Crippen LogP contribution in [0.3, 0.4) is 0 Å². The van der Waals surface area contributed by atoms with Gasteiger partial charge in [-0.15, -0.1) is 0 Å². The standard InChI is InChI=1S/C17H16O3/c1-13-7-4-5-8-14(2)11-12-15(17(19)20-3)16(18)10-6-9-13/h9,11-12H,6,10H2,1-3H3/b13-9-,14-11-,15-12-. The van der Waals surface area contributed by atoms with Crippen LogP contribution in [0.15, 0.2) is 34.9 Å². The molecule has 0 atom stereocenters. The Kier molecular flexibility index (Phi) is 6.07. The molecule has 1 aliphatic rings. The second kappa shape index (κ2) is 7.81. The fourth-order valence-electron chi connectivity index (χ4n) is 1.50. The number of allylic oxidation sites excluding steroid dienone is 5. The number of Topliss-reactive ketones (excluding diaryl/α,β-unsaturated/α-hetero) is 1. The van der Waals surface area contributed by atoms with Crippen LogP contribution in [0.5, 0.6) is 0 Å². The van der Waals surface area contributed by atoms with Crippen LogP contribution < -0.4 is 0 Å². The highest BCUT2D eigenvalue weighted by atomic mass is 16.5. The van der Waals surface area contributed by atoms with Crippen LogP contribution in [-0.2, 0) is 14.3 Å². The number of ketones is 1. The lowest BCUT2D eigenvalue weighted by Crippen LogP contribution is -2.14. The summed E-state index contributed by atoms with van der Waals surface area (Å²) < 4.78 is 4.63. The number of carbonyl (C=O) groups is 2. The maximum Gasteiger partial charge on any atom is 0.341 e. The van der Waals surface area contributed by atoms with Crippen molar-refractivity contribution in [3.63, 3.8) is 0 Å². The zero-order chi connectivity index (χ0) is 15.0. The molecule has 0 fully saturated rings. The first-order chi connectivity index (χ1) is 9.54. The van der Waals surface area contributed by atoms with Crippen molar-refractivity contribution in [3.8, 4) is 23.7 Å². The fraction of sp³-hybridized carbons (Fsp3) is 0.294. The van der Waals surface area contributed by atoms with Crippen LogP contribution in [0.2, 0.25) is 0 Å². The Labute approximate surface area is 119 Å². The molecule has 0 aromatic rings. The first-order valence-electron chi connectivity index (χ1n) is 6.23. The normalized spacial score (nSPS) is 23.4. The van der Waals surface area contributed by atoms with E-state index < -0.39 is 5.97 Å². The van der Waals surface area contributed by atoms with Gasteiger partial charge in [-0.25, -0.2) is 4.79 Å². The number of ether oxygens (including phenoxy) is 1. The number of methoxy groups -OCH3 is 1. The molecule has 0 amide bonds. The van der Waals surface area contributed by atoms with Gasteiger partial charge in [0.25, 0.3) is 0 Å². The van der Waals surface area contributed by atoms with Gasteiger partial charge in [0.05, 0.1) is 7.11 Å². The molecule has 20 heavy (non-hydrogen) atoms. The van der Waals surface area contributed by atoms with Gasteiger partial charge in [-0.3, -0.25) is 4.79 Å². The van der Waals surface area contributed by atoms with Crippen molar-refractivity contribution in [2.45, 2.75) is 26.7 Å². The molecular formula is C17H16O3. The molecule has 0 aromatic carbocycles. The highest BCUT2D eigenvalue weighted by Gasteiger charge is 2.17. The van der Waals surface area contributed by atoms with Crippen molar-refractivity contribution in [2.24, 2.45) is 0 Å². The summed E-state index contributed by atoms with van der Waals surface area (Å²) in [7, 11) is 1.26. The number of esters is 1. The highest BCUT2D eigenvalue weighted by molar-refractivity contribution is 6.17. The second-order valence-electron chi connectivity index (χ2n) is 4.27. The summed E-state index contributed by atoms with van der Waals surface area (Å²) in [6.07, 6.45) is 5.72. The van der Waals surface area contributed by atoms with E-state index in [4.69, 9.17) is 0 Å². The van der Waals surface area contributed by atoms with Crippen molar-refractivity contribution < 1.29 is 14.3 Å². The summed E-state index contributed by atoms with van der Waals surface area (Å²) in [6, 6.07) is 0. The highest BCUT2D eigenvalue weighted by Crippen LogP contribution is 2.08. The zero-order valence-corrected chi connectivity index (χ0v) is 11.9. The molecular weight excluding hydrogens is 252 g/mol. The molecule has 0 N–H and O–H groups in total. The van der Waals surface area contributed by atoms with E-state index >= 15 is 0 Å². The summed E-state index contributed by atoms with van der Waals surface area (Å²) in [5, 5.41) is 0. The first-order valence-corrected chi connectivity index (χ1v) is 6.23. The van der Waals surface area contributed by atoms with Crippen LogP contribution >= 0.6 is 0 Å². The molecule has 0 unspecified atom stereocenters. The van der Waals surface area contributed by atoms with E-state index in [-0.39, 0.29) is 17.8 Å². The Morgan fingerprint density at radius 2 is 1.80 bits per heavy atom. The minimum absolute atomic E-state index is 0.0415. The number of rotatable bonds is 1. The molecule has 0 saturated carbocycles. The predicted octanol–water partition coefficient (Wildman–Crippen LogP) is 2.35. The summed E-state index contributed by atoms with van der Waals surface area (Å²) in [5.41, 5.74) is 1.62. The van der Waals surface area contributed by atoms with Gasteiger partial charge in [0.15, 0.2) is 5.78 Å². The van der Waals surface area contributed by atoms with Crippen molar-refractivity contribution >= 4 is 11.8 Å². The van der Waals surface area contributed by atoms with E-state index in [1.807, 2.05) is 13.0 Å². The molecule has 0 saturated heterocycles. The molecule has 3 heteroatoms. The summed E-state index contributed by atoms with van der Waals surface area (Å²) in [6.45, 7) is 3.64. The molecule has 102 valence electrons. The maximum atomic E-state index is 12.0. The van der Waals surface area contributed by atoms with Crippen LogP contribution in [0.25, 0.3) is 0 Å². The summed E-state index contributed by atoms with van der Waals surface area (Å²) in [5.74, 6) is 10.3. The smallest absolute Gasteiger partial charge is 0.341 e. The fourth-order valence-corrected chi connectivity index (χ4v) is 1.50. The van der Waals surface area contributed by atoms with Gasteiger partial charge in [0.1, 0.15) is 5.57 Å². The zero-order valence-electron chi connectivity index (χ0n) is 11.9. The number of hydrogen-bond acceptors (Lipinski definition) is 3. The van der Waals surface area contributed by atoms with Crippen LogP contribution in [0, 0.1) is 23.7 Å². The second-order valence-corrected chi connectivity index (χ2v) is 4.27. The Morgan fingerprint density at radius 1 is 1.15 bits per heavy atom. The molecule has 0 radical (unpaired) electrons. The molecule has 1 rings (SSSR count). The monoisotopic (exact) mass is 268 g/mol. The Hall–Kier alpha value is -2.52. The number of carbonyl (C=O) groups excluding carboxylic acids is 2. The molecule has 3 nitrogen and oxygen atoms in total. The third kappa shape index (κ3) is 5.00. The maximum absolute atomic E-state index is 12.0. The van der Waals surface area contributed by atoms with Gasteiger partial charge in [0, 0.05) is 6.42 Å². The third-order valence-electron chi connectivity index (χ3n) is 2.61. The summed E-state index contributed by atoms with van der Waals surface area (Å²) >= 11 is 0. The first kappa shape index (κ1) is 15.5. The lowest BCUT2D eigenvalue weighted by Gasteiger charge is -2.03. The molecule has 0 bridgehead atoms. The van der Waals surface area contributed by atoms with Gasteiger partial charge in [-0.05, 0) is 55.4 Å². The van der Waals surface area contributed by atoms with Crippen molar-refractivity contribution in [3.05, 3.63) is 34.9 Å². The average Bonchev–Trinajstić information content (AvgIpc) is 2.43. The SMILES string of the molecule is COC(=O)/C1=C\C=C(\C)C#CC#C/C(C)=C\CCC1=O. The predicted molar refractivity (Wildman–Crippen MR) is 77.4 cm³/mol. The third-order valence-corrected chi connectivity index (χ3v) is 2.61. The quantitative estimate of drug-likeness (QED) is 0.416. The minimum atomic E-state index is -0.626. The van der Waals surface area contributed by atoms with E-state index in [1.54, 1.807) is 13.0 Å². The van der Waals surface area contributed by atoms with Gasteiger partial charge < -0.3 is 4.74 Å². The number of hydrogen-bond donors (Lipinski definition) is 0. The molecule has 0 aliphatic heterocycles. The van der Waals surface area contributed by atoms with E-state index in [0.717, 1.165) is 11.1 Å². The van der Waals surface area contributed by atoms with Gasteiger partial charge in [-0.1, -0.05) is 17.9 Å². The largest absolute Gasteiger partial charge is 0.465 e. The van der Waals surface area contributed by atoms with Crippen molar-refractivity contribution in [1.29, 1.82) is 0 Å². The Bertz CT molecular complexity index is 623. The van der Waals surface area contributed by atoms with E-state index in [1.165, 1.54) is 13.2 Å². The van der Waals surface area contributed by atoms with Crippen LogP contribution in [0.4, 0.5) is 0 Å². The van der Waals surface area contributed by atoms with E-state index in [2.05, 4.69) is 28.4 Å². The van der Waals surface area contributed by atoms with E-state index in [9.17, 15) is 9.59 Å². The minimum Gasteiger partial charge on any atom is -0.465 e. The Balaban J connectivity index is 3.19. The molecule has 0 aromatic heterocycles. The summed E-state index contributed by atoms with van der Waals surface area (Å²) in [4.78, 5) is 23.6. The van der Waals surface area contributed by atoms with Crippen molar-refractivity contribution in [2.75, 3.05) is 7.11 Å². The molecule has 1 aliphatic carbocycles. The lowest BCUT2D eigenvalue weighted by atomic mass is 10.0. The average molecular weight is 268 g/mol. The van der Waals surface area contributed by atoms with Gasteiger partial charge in [-0.2, -0.15) is 0 Å². The van der Waals surface area contributed by atoms with Crippen molar-refractivity contribution in [1.82, 2.24) is 0 Å². The van der Waals surface area contributed by atoms with E-state index in [0.29, 0.717) is 6.42 Å². The van der Waals surface area contributed by atoms with Crippen LogP contribution in [-0.4, -0.2) is 18.9 Å². The van der Waals surface area contributed by atoms with Gasteiger partial charge >= 0.3 is 5.97 Å². The molecule has 0 heterocycles. The molecule has 0 spiro atoms. The lowest BCUT2D eigenvalue weighted by molar-refractivity contribution is -0.137. The van der Waals surface area contributed by atoms with Gasteiger partial charge in [0.2, 0.25) is 0 Å².